The average Bonchev–Trinajstić information content (AvgIpc) is 2.61. The predicted molar refractivity (Wildman–Crippen MR) is 104 cm³/mol. The maximum atomic E-state index is 12.5. The number of nitrogens with zero attached hydrogens (tertiary/aromatic N) is 1. The van der Waals surface area contributed by atoms with Crippen LogP contribution in [0.15, 0.2) is 53.4 Å². The van der Waals surface area contributed by atoms with Crippen molar-refractivity contribution in [3.63, 3.8) is 0 Å². The topological polar surface area (TPSA) is 95.6 Å². The van der Waals surface area contributed by atoms with Gasteiger partial charge < -0.3 is 10.6 Å². The molecule has 0 heterocycles. The molecule has 2 N–H and O–H groups in total. The molecule has 0 saturated heterocycles. The predicted octanol–water partition coefficient (Wildman–Crippen LogP) is 2.33. The fourth-order valence-electron chi connectivity index (χ4n) is 2.31. The quantitative estimate of drug-likeness (QED) is 0.793. The largest absolute Gasteiger partial charge is 0.350 e. The van der Waals surface area contributed by atoms with Crippen molar-refractivity contribution < 1.29 is 18.0 Å². The Balaban J connectivity index is 2.23. The minimum Gasteiger partial charge on any atom is -0.350 e. The molecule has 0 radical (unpaired) electrons. The Labute approximate surface area is 159 Å². The fourth-order valence-corrected chi connectivity index (χ4v) is 3.22. The summed E-state index contributed by atoms with van der Waals surface area (Å²) in [4.78, 5) is 24.9. The van der Waals surface area contributed by atoms with E-state index >= 15 is 0 Å². The summed E-state index contributed by atoms with van der Waals surface area (Å²) in [6, 6.07) is 12.3. The molecule has 7 nitrogen and oxygen atoms in total. The third-order valence-corrected chi connectivity index (χ3v) is 5.56. The summed E-state index contributed by atoms with van der Waals surface area (Å²) in [5, 5.41) is 5.49. The molecular formula is C19H23N3O4S. The highest BCUT2D eigenvalue weighted by atomic mass is 32.2. The Bertz CT molecular complexity index is 936. The van der Waals surface area contributed by atoms with Gasteiger partial charge in [-0.05, 0) is 50.2 Å². The second-order valence-corrected chi connectivity index (χ2v) is 8.59. The summed E-state index contributed by atoms with van der Waals surface area (Å²) in [7, 11) is -0.680. The number of para-hydroxylation sites is 1. The van der Waals surface area contributed by atoms with Crippen molar-refractivity contribution in [2.24, 2.45) is 0 Å². The smallest absolute Gasteiger partial charge is 0.255 e. The van der Waals surface area contributed by atoms with Crippen molar-refractivity contribution in [1.82, 2.24) is 9.62 Å². The van der Waals surface area contributed by atoms with E-state index in [-0.39, 0.29) is 22.4 Å². The van der Waals surface area contributed by atoms with Crippen molar-refractivity contribution in [3.8, 4) is 0 Å². The molecule has 0 unspecified atom stereocenters. The highest BCUT2D eigenvalue weighted by molar-refractivity contribution is 7.89. The van der Waals surface area contributed by atoms with Crippen LogP contribution in [-0.4, -0.2) is 44.7 Å². The highest BCUT2D eigenvalue weighted by Gasteiger charge is 2.18. The molecule has 0 aliphatic carbocycles. The summed E-state index contributed by atoms with van der Waals surface area (Å²) >= 11 is 0. The summed E-state index contributed by atoms with van der Waals surface area (Å²) < 4.78 is 25.3. The highest BCUT2D eigenvalue weighted by Crippen LogP contribution is 2.18. The first kappa shape index (κ1) is 20.6. The lowest BCUT2D eigenvalue weighted by atomic mass is 10.1. The lowest BCUT2D eigenvalue weighted by Gasteiger charge is -2.14. The van der Waals surface area contributed by atoms with Crippen LogP contribution in [-0.2, 0) is 10.0 Å². The number of amides is 2. The van der Waals surface area contributed by atoms with Gasteiger partial charge in [0, 0.05) is 25.7 Å². The average molecular weight is 389 g/mol. The van der Waals surface area contributed by atoms with Gasteiger partial charge in [0.25, 0.3) is 11.8 Å². The molecule has 8 heteroatoms. The summed E-state index contributed by atoms with van der Waals surface area (Å²) in [6.07, 6.45) is 0. The number of hydrogen-bond donors (Lipinski definition) is 2. The van der Waals surface area contributed by atoms with Gasteiger partial charge in [0.05, 0.1) is 16.1 Å². The molecule has 0 aliphatic heterocycles. The van der Waals surface area contributed by atoms with E-state index < -0.39 is 15.9 Å². The number of benzene rings is 2. The van der Waals surface area contributed by atoms with Gasteiger partial charge in [-0.1, -0.05) is 12.1 Å². The number of carbonyl (C=O) groups excluding carboxylic acids is 2. The Morgan fingerprint density at radius 2 is 1.52 bits per heavy atom. The SMILES string of the molecule is CC(C)NC(=O)c1ccccc1NC(=O)c1ccc(S(=O)(=O)N(C)C)cc1. The number of carbonyl (C=O) groups is 2. The van der Waals surface area contributed by atoms with Crippen LogP contribution in [0.3, 0.4) is 0 Å². The minimum atomic E-state index is -3.56. The van der Waals surface area contributed by atoms with Gasteiger partial charge in [0.2, 0.25) is 10.0 Å². The van der Waals surface area contributed by atoms with Crippen LogP contribution in [0.2, 0.25) is 0 Å². The number of rotatable bonds is 6. The van der Waals surface area contributed by atoms with Gasteiger partial charge in [-0.15, -0.1) is 0 Å². The molecule has 2 aromatic rings. The van der Waals surface area contributed by atoms with Crippen molar-refractivity contribution >= 4 is 27.5 Å². The Kier molecular flexibility index (Phi) is 6.35. The Hall–Kier alpha value is -2.71. The first-order valence-electron chi connectivity index (χ1n) is 8.36. The molecule has 2 aromatic carbocycles. The second-order valence-electron chi connectivity index (χ2n) is 6.44. The van der Waals surface area contributed by atoms with Gasteiger partial charge >= 0.3 is 0 Å². The summed E-state index contributed by atoms with van der Waals surface area (Å²) in [6.45, 7) is 3.70. The van der Waals surface area contributed by atoms with Crippen LogP contribution in [0.1, 0.15) is 34.6 Å². The number of nitrogens with one attached hydrogen (secondary N) is 2. The van der Waals surface area contributed by atoms with E-state index in [0.717, 1.165) is 4.31 Å². The molecule has 0 aliphatic rings. The van der Waals surface area contributed by atoms with E-state index in [1.165, 1.54) is 38.4 Å². The van der Waals surface area contributed by atoms with Gasteiger partial charge in [-0.25, -0.2) is 12.7 Å². The van der Waals surface area contributed by atoms with E-state index in [9.17, 15) is 18.0 Å². The van der Waals surface area contributed by atoms with E-state index in [1.807, 2.05) is 13.8 Å². The third-order valence-electron chi connectivity index (χ3n) is 3.73. The zero-order valence-corrected chi connectivity index (χ0v) is 16.5. The summed E-state index contributed by atoms with van der Waals surface area (Å²) in [5.74, 6) is -0.720. The van der Waals surface area contributed by atoms with Gasteiger partial charge in [-0.3, -0.25) is 9.59 Å². The van der Waals surface area contributed by atoms with Crippen molar-refractivity contribution in [2.45, 2.75) is 24.8 Å². The van der Waals surface area contributed by atoms with Crippen LogP contribution in [0.5, 0.6) is 0 Å². The van der Waals surface area contributed by atoms with Crippen LogP contribution in [0.25, 0.3) is 0 Å². The van der Waals surface area contributed by atoms with E-state index in [4.69, 9.17) is 0 Å². The van der Waals surface area contributed by atoms with E-state index in [0.29, 0.717) is 11.3 Å². The van der Waals surface area contributed by atoms with Crippen LogP contribution >= 0.6 is 0 Å². The molecular weight excluding hydrogens is 366 g/mol. The normalized spacial score (nSPS) is 11.5. The lowest BCUT2D eigenvalue weighted by molar-refractivity contribution is 0.0944. The van der Waals surface area contributed by atoms with Crippen molar-refractivity contribution in [3.05, 3.63) is 59.7 Å². The first-order valence-corrected chi connectivity index (χ1v) is 9.80. The molecule has 0 aromatic heterocycles. The second kappa shape index (κ2) is 8.32. The molecule has 2 rings (SSSR count). The fraction of sp³-hybridized carbons (Fsp3) is 0.263. The Morgan fingerprint density at radius 1 is 0.926 bits per heavy atom. The van der Waals surface area contributed by atoms with Crippen molar-refractivity contribution in [1.29, 1.82) is 0 Å². The lowest BCUT2D eigenvalue weighted by Crippen LogP contribution is -2.31. The van der Waals surface area contributed by atoms with Gasteiger partial charge in [0.15, 0.2) is 0 Å². The first-order chi connectivity index (χ1) is 12.6. The van der Waals surface area contributed by atoms with Crippen molar-refractivity contribution in [2.75, 3.05) is 19.4 Å². The molecule has 0 bridgehead atoms. The van der Waals surface area contributed by atoms with Gasteiger partial charge in [0.1, 0.15) is 0 Å². The van der Waals surface area contributed by atoms with E-state index in [2.05, 4.69) is 10.6 Å². The molecule has 144 valence electrons. The van der Waals surface area contributed by atoms with E-state index in [1.54, 1.807) is 24.3 Å². The van der Waals surface area contributed by atoms with Crippen LogP contribution < -0.4 is 10.6 Å². The number of hydrogen-bond acceptors (Lipinski definition) is 4. The zero-order valence-electron chi connectivity index (χ0n) is 15.7. The molecule has 27 heavy (non-hydrogen) atoms. The Morgan fingerprint density at radius 3 is 2.07 bits per heavy atom. The number of anilines is 1. The molecule has 2 amide bonds. The standard InChI is InChI=1S/C19H23N3O4S/c1-13(2)20-19(24)16-7-5-6-8-17(16)21-18(23)14-9-11-15(12-10-14)27(25,26)22(3)4/h5-13H,1-4H3,(H,20,24)(H,21,23). The maximum Gasteiger partial charge on any atom is 0.255 e. The summed E-state index contributed by atoms with van der Waals surface area (Å²) in [5.41, 5.74) is 1.02. The third kappa shape index (κ3) is 4.93. The van der Waals surface area contributed by atoms with Crippen LogP contribution in [0.4, 0.5) is 5.69 Å². The van der Waals surface area contributed by atoms with Crippen LogP contribution in [0, 0.1) is 0 Å². The molecule has 0 spiro atoms. The monoisotopic (exact) mass is 389 g/mol. The maximum absolute atomic E-state index is 12.5. The molecule has 0 atom stereocenters. The van der Waals surface area contributed by atoms with Gasteiger partial charge in [-0.2, -0.15) is 0 Å². The molecule has 0 saturated carbocycles. The zero-order chi connectivity index (χ0) is 20.2. The minimum absolute atomic E-state index is 0.0348. The number of sulfonamides is 1. The molecule has 0 fully saturated rings.